The summed E-state index contributed by atoms with van der Waals surface area (Å²) in [6.45, 7) is -0.0328. The molecule has 6 nitrogen and oxygen atoms in total. The molecule has 112 valence electrons. The average molecular weight is 311 g/mol. The van der Waals surface area contributed by atoms with Gasteiger partial charge in [-0.2, -0.15) is 0 Å². The predicted molar refractivity (Wildman–Crippen MR) is 75.6 cm³/mol. The number of aromatic nitrogens is 1. The van der Waals surface area contributed by atoms with Crippen molar-refractivity contribution in [2.75, 3.05) is 12.8 Å². The Kier molecular flexibility index (Phi) is 4.39. The van der Waals surface area contributed by atoms with Crippen LogP contribution >= 0.6 is 0 Å². The zero-order chi connectivity index (χ0) is 15.5. The molecule has 1 aromatic carbocycles. The number of anilines is 1. The summed E-state index contributed by atoms with van der Waals surface area (Å²) in [5.74, 6) is -0.535. The van der Waals surface area contributed by atoms with Gasteiger partial charge in [-0.05, 0) is 23.8 Å². The van der Waals surface area contributed by atoms with Crippen molar-refractivity contribution in [3.63, 3.8) is 0 Å². The van der Waals surface area contributed by atoms with Crippen molar-refractivity contribution >= 4 is 15.7 Å². The number of benzene rings is 1. The molecule has 0 amide bonds. The van der Waals surface area contributed by atoms with Crippen LogP contribution in [0.15, 0.2) is 41.4 Å². The Labute approximate surface area is 121 Å². The van der Waals surface area contributed by atoms with Gasteiger partial charge < -0.3 is 10.5 Å². The normalized spacial score (nSPS) is 11.3. The van der Waals surface area contributed by atoms with E-state index >= 15 is 0 Å². The van der Waals surface area contributed by atoms with Gasteiger partial charge in [-0.3, -0.25) is 0 Å². The van der Waals surface area contributed by atoms with E-state index in [-0.39, 0.29) is 12.2 Å². The molecule has 0 bridgehead atoms. The van der Waals surface area contributed by atoms with E-state index in [1.165, 1.54) is 25.4 Å². The zero-order valence-electron chi connectivity index (χ0n) is 11.2. The maximum Gasteiger partial charge on any atom is 0.245 e. The second-order valence-corrected chi connectivity index (χ2v) is 5.89. The third-order valence-corrected chi connectivity index (χ3v) is 4.23. The molecule has 3 N–H and O–H groups in total. The first-order valence-electron chi connectivity index (χ1n) is 5.96. The van der Waals surface area contributed by atoms with Crippen LogP contribution in [0.5, 0.6) is 5.88 Å². The van der Waals surface area contributed by atoms with Gasteiger partial charge in [-0.1, -0.05) is 6.07 Å². The summed E-state index contributed by atoms with van der Waals surface area (Å²) in [7, 11) is -2.60. The molecule has 1 heterocycles. The molecule has 1 aromatic heterocycles. The van der Waals surface area contributed by atoms with Gasteiger partial charge in [0.1, 0.15) is 10.7 Å². The number of pyridine rings is 1. The van der Waals surface area contributed by atoms with Crippen molar-refractivity contribution in [2.45, 2.75) is 11.4 Å². The van der Waals surface area contributed by atoms with Crippen LogP contribution in [-0.2, 0) is 16.6 Å². The smallest absolute Gasteiger partial charge is 0.245 e. The number of nitrogens with two attached hydrogens (primary N) is 1. The highest BCUT2D eigenvalue weighted by Gasteiger charge is 2.21. The number of nitrogen functional groups attached to an aromatic ring is 1. The molecule has 0 aliphatic heterocycles. The van der Waals surface area contributed by atoms with Crippen LogP contribution in [0.3, 0.4) is 0 Å². The molecule has 0 aliphatic carbocycles. The number of hydrogen-bond donors (Lipinski definition) is 2. The highest BCUT2D eigenvalue weighted by Crippen LogP contribution is 2.21. The molecular weight excluding hydrogens is 297 g/mol. The molecule has 0 saturated heterocycles. The van der Waals surface area contributed by atoms with Crippen LogP contribution in [0.2, 0.25) is 0 Å². The van der Waals surface area contributed by atoms with Gasteiger partial charge >= 0.3 is 0 Å². The molecule has 2 aromatic rings. The predicted octanol–water partition coefficient (Wildman–Crippen LogP) is 1.29. The van der Waals surface area contributed by atoms with E-state index in [1.54, 1.807) is 12.1 Å². The summed E-state index contributed by atoms with van der Waals surface area (Å²) in [4.78, 5) is 3.36. The summed E-state index contributed by atoms with van der Waals surface area (Å²) in [6, 6.07) is 6.91. The number of hydrogen-bond acceptors (Lipinski definition) is 5. The Morgan fingerprint density at radius 3 is 2.81 bits per heavy atom. The Morgan fingerprint density at radius 2 is 2.14 bits per heavy atom. The van der Waals surface area contributed by atoms with Crippen molar-refractivity contribution in [1.82, 2.24) is 9.71 Å². The zero-order valence-corrected chi connectivity index (χ0v) is 12.0. The highest BCUT2D eigenvalue weighted by atomic mass is 32.2. The first kappa shape index (κ1) is 15.2. The first-order chi connectivity index (χ1) is 9.94. The lowest BCUT2D eigenvalue weighted by Crippen LogP contribution is -2.25. The summed E-state index contributed by atoms with van der Waals surface area (Å²) in [6.07, 6.45) is 1.49. The number of nitrogens with zero attached hydrogens (tertiary/aromatic N) is 1. The molecule has 0 saturated carbocycles. The fourth-order valence-electron chi connectivity index (χ4n) is 1.73. The van der Waals surface area contributed by atoms with E-state index in [0.717, 1.165) is 6.07 Å². The summed E-state index contributed by atoms with van der Waals surface area (Å²) in [5.41, 5.74) is 6.01. The minimum Gasteiger partial charge on any atom is -0.481 e. The third-order valence-electron chi connectivity index (χ3n) is 2.74. The molecular formula is C13H14FN3O3S. The molecule has 2 rings (SSSR count). The van der Waals surface area contributed by atoms with Gasteiger partial charge in [0.2, 0.25) is 15.9 Å². The summed E-state index contributed by atoms with van der Waals surface area (Å²) in [5, 5.41) is 0. The Morgan fingerprint density at radius 1 is 1.38 bits per heavy atom. The molecule has 8 heteroatoms. The maximum atomic E-state index is 13.7. The van der Waals surface area contributed by atoms with Crippen LogP contribution in [0.4, 0.5) is 10.1 Å². The number of sulfonamides is 1. The number of methoxy groups -OCH3 is 1. The molecule has 0 atom stereocenters. The molecule has 21 heavy (non-hydrogen) atoms. The minimum absolute atomic E-state index is 0.0328. The number of nitrogens with one attached hydrogen (secondary N) is 1. The fraction of sp³-hybridized carbons (Fsp3) is 0.154. The van der Waals surface area contributed by atoms with Crippen LogP contribution in [0, 0.1) is 5.82 Å². The van der Waals surface area contributed by atoms with Crippen molar-refractivity contribution in [3.05, 3.63) is 47.9 Å². The highest BCUT2D eigenvalue weighted by molar-refractivity contribution is 7.89. The van der Waals surface area contributed by atoms with E-state index in [0.29, 0.717) is 11.4 Å². The third kappa shape index (κ3) is 3.47. The van der Waals surface area contributed by atoms with E-state index in [1.807, 2.05) is 0 Å². The fourth-order valence-corrected chi connectivity index (χ4v) is 2.94. The number of ether oxygens (including phenoxy) is 1. The topological polar surface area (TPSA) is 94.3 Å². The lowest BCUT2D eigenvalue weighted by Gasteiger charge is -2.10. The average Bonchev–Trinajstić information content (AvgIpc) is 2.45. The standard InChI is InChI=1S/C13H14FN3O3S/c1-20-12-7-9(5-6-16-12)8-17-21(18,19)13-10(14)3-2-4-11(13)15/h2-7,17H,8,15H2,1H3. The Balaban J connectivity index is 2.22. The molecule has 0 aliphatic rings. The maximum absolute atomic E-state index is 13.7. The van der Waals surface area contributed by atoms with Gasteiger partial charge in [-0.25, -0.2) is 22.5 Å². The quantitative estimate of drug-likeness (QED) is 0.811. The Bertz CT molecular complexity index is 730. The van der Waals surface area contributed by atoms with E-state index in [4.69, 9.17) is 10.5 Å². The number of rotatable bonds is 5. The monoisotopic (exact) mass is 311 g/mol. The van der Waals surface area contributed by atoms with Gasteiger partial charge in [0, 0.05) is 18.8 Å². The van der Waals surface area contributed by atoms with Crippen LogP contribution in [-0.4, -0.2) is 20.5 Å². The first-order valence-corrected chi connectivity index (χ1v) is 7.45. The van der Waals surface area contributed by atoms with Crippen LogP contribution in [0.25, 0.3) is 0 Å². The Hall–Kier alpha value is -2.19. The van der Waals surface area contributed by atoms with Crippen molar-refractivity contribution in [2.24, 2.45) is 0 Å². The van der Waals surface area contributed by atoms with E-state index < -0.39 is 20.7 Å². The largest absolute Gasteiger partial charge is 0.481 e. The van der Waals surface area contributed by atoms with Crippen molar-refractivity contribution in [1.29, 1.82) is 0 Å². The second-order valence-electron chi connectivity index (χ2n) is 4.19. The lowest BCUT2D eigenvalue weighted by molar-refractivity contribution is 0.397. The molecule has 0 unspecified atom stereocenters. The van der Waals surface area contributed by atoms with Gasteiger partial charge in [0.15, 0.2) is 0 Å². The number of halogens is 1. The van der Waals surface area contributed by atoms with Crippen molar-refractivity contribution in [3.8, 4) is 5.88 Å². The summed E-state index contributed by atoms with van der Waals surface area (Å²) >= 11 is 0. The lowest BCUT2D eigenvalue weighted by atomic mass is 10.3. The summed E-state index contributed by atoms with van der Waals surface area (Å²) < 4.78 is 45.1. The van der Waals surface area contributed by atoms with Gasteiger partial charge in [0.25, 0.3) is 0 Å². The van der Waals surface area contributed by atoms with Crippen LogP contribution < -0.4 is 15.2 Å². The molecule has 0 radical (unpaired) electrons. The van der Waals surface area contributed by atoms with Crippen LogP contribution in [0.1, 0.15) is 5.56 Å². The van der Waals surface area contributed by atoms with Crippen molar-refractivity contribution < 1.29 is 17.5 Å². The molecule has 0 fully saturated rings. The van der Waals surface area contributed by atoms with Gasteiger partial charge in [-0.15, -0.1) is 0 Å². The van der Waals surface area contributed by atoms with E-state index in [9.17, 15) is 12.8 Å². The van der Waals surface area contributed by atoms with E-state index in [2.05, 4.69) is 9.71 Å². The second kappa shape index (κ2) is 6.06. The SMILES string of the molecule is COc1cc(CNS(=O)(=O)c2c(N)cccc2F)ccn1. The minimum atomic E-state index is -4.05. The molecule has 0 spiro atoms. The van der Waals surface area contributed by atoms with Gasteiger partial charge in [0.05, 0.1) is 12.8 Å².